The maximum atomic E-state index is 12.1. The molecule has 10 heteroatoms. The molecule has 0 saturated carbocycles. The minimum atomic E-state index is -3.80. The highest BCUT2D eigenvalue weighted by molar-refractivity contribution is 9.10. The number of benzene rings is 2. The highest BCUT2D eigenvalue weighted by Crippen LogP contribution is 2.18. The number of thioether (sulfide) groups is 1. The summed E-state index contributed by atoms with van der Waals surface area (Å²) < 4.78 is 23.7. The van der Waals surface area contributed by atoms with Crippen LogP contribution in [0.25, 0.3) is 0 Å². The molecule has 2 amide bonds. The molecule has 1 unspecified atom stereocenters. The largest absolute Gasteiger partial charge is 0.349 e. The zero-order valence-corrected chi connectivity index (χ0v) is 18.2. The van der Waals surface area contributed by atoms with Crippen LogP contribution < -0.4 is 15.8 Å². The quantitative estimate of drug-likeness (QED) is 0.530. The fourth-order valence-corrected chi connectivity index (χ4v) is 3.92. The molecule has 2 rings (SSSR count). The van der Waals surface area contributed by atoms with E-state index in [9.17, 15) is 18.0 Å². The van der Waals surface area contributed by atoms with Crippen molar-refractivity contribution in [2.24, 2.45) is 5.14 Å². The molecule has 7 nitrogen and oxygen atoms in total. The summed E-state index contributed by atoms with van der Waals surface area (Å²) in [5.74, 6) is -0.223. The predicted molar refractivity (Wildman–Crippen MR) is 114 cm³/mol. The lowest BCUT2D eigenvalue weighted by Crippen LogP contribution is -2.29. The van der Waals surface area contributed by atoms with Crippen molar-refractivity contribution in [3.63, 3.8) is 0 Å². The molecule has 0 fully saturated rings. The van der Waals surface area contributed by atoms with E-state index >= 15 is 0 Å². The highest BCUT2D eigenvalue weighted by Gasteiger charge is 2.14. The second-order valence-corrected chi connectivity index (χ2v) is 9.42. The number of rotatable bonds is 8. The number of sulfonamides is 1. The summed E-state index contributed by atoms with van der Waals surface area (Å²) in [5.41, 5.74) is 1.30. The molecule has 0 aromatic heterocycles. The van der Waals surface area contributed by atoms with Crippen molar-refractivity contribution >= 4 is 55.2 Å². The maximum absolute atomic E-state index is 12.1. The van der Waals surface area contributed by atoms with E-state index < -0.39 is 16.1 Å². The van der Waals surface area contributed by atoms with E-state index in [1.807, 2.05) is 12.1 Å². The molecular formula is C18H20BrN3O4S2. The van der Waals surface area contributed by atoms with Gasteiger partial charge in [0.1, 0.15) is 0 Å². The number of nitrogens with one attached hydrogen (secondary N) is 2. The SMILES string of the molecule is CC(NC(=O)CSCC(=O)Nc1cccc(Br)c1)c1cccc(S(N)(=O)=O)c1. The zero-order chi connectivity index (χ0) is 20.7. The normalized spacial score (nSPS) is 12.2. The standard InChI is InChI=1S/C18H20BrN3O4S2/c1-12(13-4-2-7-16(8-13)28(20,25)26)21-17(23)10-27-11-18(24)22-15-6-3-5-14(19)9-15/h2-9,12H,10-11H2,1H3,(H,21,23)(H,22,24)(H2,20,25,26). The number of amides is 2. The first kappa shape index (κ1) is 22.4. The van der Waals surface area contributed by atoms with Crippen LogP contribution >= 0.6 is 27.7 Å². The molecule has 1 atom stereocenters. The summed E-state index contributed by atoms with van der Waals surface area (Å²) in [4.78, 5) is 24.0. The Bertz CT molecular complexity index is 967. The Hall–Kier alpha value is -1.88. The van der Waals surface area contributed by atoms with Crippen LogP contribution in [0.5, 0.6) is 0 Å². The van der Waals surface area contributed by atoms with Gasteiger partial charge in [0.2, 0.25) is 21.8 Å². The van der Waals surface area contributed by atoms with E-state index in [4.69, 9.17) is 5.14 Å². The van der Waals surface area contributed by atoms with Crippen molar-refractivity contribution < 1.29 is 18.0 Å². The van der Waals surface area contributed by atoms with Gasteiger partial charge >= 0.3 is 0 Å². The third-order valence-electron chi connectivity index (χ3n) is 3.64. The van der Waals surface area contributed by atoms with Gasteiger partial charge in [-0.05, 0) is 42.8 Å². The fourth-order valence-electron chi connectivity index (χ4n) is 2.33. The maximum Gasteiger partial charge on any atom is 0.238 e. The van der Waals surface area contributed by atoms with Crippen molar-refractivity contribution in [2.75, 3.05) is 16.8 Å². The molecule has 28 heavy (non-hydrogen) atoms. The van der Waals surface area contributed by atoms with Crippen LogP contribution in [0.15, 0.2) is 57.9 Å². The van der Waals surface area contributed by atoms with Crippen LogP contribution in [-0.4, -0.2) is 31.7 Å². The van der Waals surface area contributed by atoms with Gasteiger partial charge < -0.3 is 10.6 Å². The molecule has 2 aromatic carbocycles. The average molecular weight is 486 g/mol. The van der Waals surface area contributed by atoms with Gasteiger partial charge in [0.05, 0.1) is 22.4 Å². The molecule has 0 saturated heterocycles. The van der Waals surface area contributed by atoms with E-state index in [1.54, 1.807) is 31.2 Å². The van der Waals surface area contributed by atoms with Crippen LogP contribution in [-0.2, 0) is 19.6 Å². The lowest BCUT2D eigenvalue weighted by Gasteiger charge is -2.15. The first-order valence-electron chi connectivity index (χ1n) is 8.20. The van der Waals surface area contributed by atoms with E-state index in [0.29, 0.717) is 11.3 Å². The van der Waals surface area contributed by atoms with Gasteiger partial charge in [-0.2, -0.15) is 0 Å². The number of carbonyl (C=O) groups excluding carboxylic acids is 2. The smallest absolute Gasteiger partial charge is 0.238 e. The number of anilines is 1. The topological polar surface area (TPSA) is 118 Å². The van der Waals surface area contributed by atoms with E-state index in [0.717, 1.165) is 4.47 Å². The van der Waals surface area contributed by atoms with Crippen LogP contribution in [0, 0.1) is 0 Å². The van der Waals surface area contributed by atoms with Gasteiger partial charge in [0.25, 0.3) is 0 Å². The van der Waals surface area contributed by atoms with Crippen molar-refractivity contribution in [1.29, 1.82) is 0 Å². The predicted octanol–water partition coefficient (Wildman–Crippen LogP) is 2.65. The van der Waals surface area contributed by atoms with Crippen molar-refractivity contribution in [3.8, 4) is 0 Å². The molecule has 0 heterocycles. The molecule has 0 aliphatic rings. The fraction of sp³-hybridized carbons (Fsp3) is 0.222. The Balaban J connectivity index is 1.80. The molecule has 0 spiro atoms. The van der Waals surface area contributed by atoms with Crippen LogP contribution in [0.3, 0.4) is 0 Å². The van der Waals surface area contributed by atoms with Gasteiger partial charge in [0.15, 0.2) is 0 Å². The van der Waals surface area contributed by atoms with E-state index in [2.05, 4.69) is 26.6 Å². The minimum absolute atomic E-state index is 0.00954. The summed E-state index contributed by atoms with van der Waals surface area (Å²) in [6, 6.07) is 12.9. The Kier molecular flexibility index (Phi) is 8.05. The molecule has 0 radical (unpaired) electrons. The Morgan fingerprint density at radius 2 is 1.79 bits per heavy atom. The van der Waals surface area contributed by atoms with Crippen molar-refractivity contribution in [2.45, 2.75) is 17.9 Å². The average Bonchev–Trinajstić information content (AvgIpc) is 2.61. The number of halogens is 1. The van der Waals surface area contributed by atoms with E-state index in [-0.39, 0.29) is 28.2 Å². The molecule has 0 aliphatic carbocycles. The number of hydrogen-bond donors (Lipinski definition) is 3. The van der Waals surface area contributed by atoms with Gasteiger partial charge in [-0.3, -0.25) is 9.59 Å². The number of primary sulfonamides is 1. The number of carbonyl (C=O) groups is 2. The molecule has 4 N–H and O–H groups in total. The number of nitrogens with two attached hydrogens (primary N) is 1. The van der Waals surface area contributed by atoms with Crippen molar-refractivity contribution in [1.82, 2.24) is 5.32 Å². The van der Waals surface area contributed by atoms with Gasteiger partial charge in [-0.25, -0.2) is 13.6 Å². The Morgan fingerprint density at radius 3 is 2.46 bits per heavy atom. The van der Waals surface area contributed by atoms with Gasteiger partial charge in [-0.1, -0.05) is 34.1 Å². The zero-order valence-electron chi connectivity index (χ0n) is 15.0. The van der Waals surface area contributed by atoms with Gasteiger partial charge in [0, 0.05) is 10.2 Å². The van der Waals surface area contributed by atoms with Crippen LogP contribution in [0.1, 0.15) is 18.5 Å². The second kappa shape index (κ2) is 10.1. The second-order valence-electron chi connectivity index (χ2n) is 5.96. The highest BCUT2D eigenvalue weighted by atomic mass is 79.9. The minimum Gasteiger partial charge on any atom is -0.349 e. The Morgan fingerprint density at radius 1 is 1.11 bits per heavy atom. The summed E-state index contributed by atoms with van der Waals surface area (Å²) in [7, 11) is -3.80. The monoisotopic (exact) mass is 485 g/mol. The van der Waals surface area contributed by atoms with Crippen LogP contribution in [0.2, 0.25) is 0 Å². The summed E-state index contributed by atoms with van der Waals surface area (Å²) in [6.07, 6.45) is 0. The van der Waals surface area contributed by atoms with E-state index in [1.165, 1.54) is 23.9 Å². The van der Waals surface area contributed by atoms with Crippen LogP contribution in [0.4, 0.5) is 5.69 Å². The first-order chi connectivity index (χ1) is 13.1. The lowest BCUT2D eigenvalue weighted by atomic mass is 10.1. The third kappa shape index (κ3) is 7.27. The molecule has 2 aromatic rings. The first-order valence-corrected chi connectivity index (χ1v) is 11.7. The van der Waals surface area contributed by atoms with Gasteiger partial charge in [-0.15, -0.1) is 11.8 Å². The molecule has 0 aliphatic heterocycles. The summed E-state index contributed by atoms with van der Waals surface area (Å²) >= 11 is 4.52. The summed E-state index contributed by atoms with van der Waals surface area (Å²) in [5, 5.41) is 10.7. The third-order valence-corrected chi connectivity index (χ3v) is 5.98. The molecular weight excluding hydrogens is 466 g/mol. The lowest BCUT2D eigenvalue weighted by molar-refractivity contribution is -0.119. The molecule has 0 bridgehead atoms. The number of hydrogen-bond acceptors (Lipinski definition) is 5. The molecule has 150 valence electrons. The Labute approximate surface area is 176 Å². The van der Waals surface area contributed by atoms with Crippen molar-refractivity contribution in [3.05, 3.63) is 58.6 Å². The summed E-state index contributed by atoms with van der Waals surface area (Å²) in [6.45, 7) is 1.74.